The Balaban J connectivity index is 2.77. The van der Waals surface area contributed by atoms with E-state index in [9.17, 15) is 4.79 Å². The first kappa shape index (κ1) is 17.4. The van der Waals surface area contributed by atoms with Gasteiger partial charge in [0.2, 0.25) is 0 Å². The fraction of sp³-hybridized carbons (Fsp3) is 0.667. The number of hydrogen-bond acceptors (Lipinski definition) is 5. The molecule has 0 fully saturated rings. The Labute approximate surface area is 126 Å². The van der Waals surface area contributed by atoms with Gasteiger partial charge in [-0.25, -0.2) is 9.97 Å². The Kier molecular flexibility index (Phi) is 7.08. The maximum absolute atomic E-state index is 12.3. The number of anilines is 1. The minimum absolute atomic E-state index is 0.158. The number of ether oxygens (including phenoxy) is 1. The Hall–Kier alpha value is -1.69. The Morgan fingerprint density at radius 2 is 2.05 bits per heavy atom. The molecule has 0 radical (unpaired) electrons. The van der Waals surface area contributed by atoms with E-state index in [1.165, 1.54) is 0 Å². The van der Waals surface area contributed by atoms with E-state index in [4.69, 9.17) is 4.74 Å². The summed E-state index contributed by atoms with van der Waals surface area (Å²) >= 11 is 0. The molecule has 0 aliphatic carbocycles. The molecule has 6 nitrogen and oxygen atoms in total. The molecule has 118 valence electrons. The number of carbonyl (C=O) groups excluding carboxylic acids is 1. The highest BCUT2D eigenvalue weighted by Crippen LogP contribution is 2.16. The van der Waals surface area contributed by atoms with Crippen molar-refractivity contribution in [2.24, 2.45) is 0 Å². The van der Waals surface area contributed by atoms with Crippen molar-refractivity contribution in [1.29, 1.82) is 0 Å². The first-order chi connectivity index (χ1) is 9.95. The van der Waals surface area contributed by atoms with Gasteiger partial charge in [0, 0.05) is 19.0 Å². The molecule has 0 aromatic carbocycles. The van der Waals surface area contributed by atoms with Crippen LogP contribution >= 0.6 is 0 Å². The summed E-state index contributed by atoms with van der Waals surface area (Å²) in [4.78, 5) is 20.9. The molecule has 1 heterocycles. The molecule has 1 aromatic rings. The lowest BCUT2D eigenvalue weighted by Gasteiger charge is -2.13. The molecule has 21 heavy (non-hydrogen) atoms. The molecule has 2 N–H and O–H groups in total. The zero-order valence-electron chi connectivity index (χ0n) is 13.6. The molecular formula is C15H26N4O2. The van der Waals surface area contributed by atoms with Gasteiger partial charge in [-0.2, -0.15) is 0 Å². The molecule has 0 unspecified atom stereocenters. The highest BCUT2D eigenvalue weighted by atomic mass is 16.5. The average molecular weight is 294 g/mol. The van der Waals surface area contributed by atoms with Crippen LogP contribution in [0.1, 0.15) is 56.8 Å². The van der Waals surface area contributed by atoms with E-state index in [1.807, 2.05) is 34.6 Å². The standard InChI is InChI=1S/C15H26N4O2/c1-6-16-12-9-18-14(10(2)3)19-13(12)15(20)17-7-8-21-11(4)5/h9-11,16H,6-8H2,1-5H3,(H,17,20). The summed E-state index contributed by atoms with van der Waals surface area (Å²) in [5.74, 6) is 0.638. The number of nitrogens with zero attached hydrogens (tertiary/aromatic N) is 2. The first-order valence-electron chi connectivity index (χ1n) is 7.46. The van der Waals surface area contributed by atoms with Crippen LogP contribution in [0.25, 0.3) is 0 Å². The summed E-state index contributed by atoms with van der Waals surface area (Å²) in [6, 6.07) is 0. The van der Waals surface area contributed by atoms with E-state index >= 15 is 0 Å². The zero-order chi connectivity index (χ0) is 15.8. The molecule has 0 aliphatic rings. The van der Waals surface area contributed by atoms with E-state index < -0.39 is 0 Å². The molecule has 6 heteroatoms. The van der Waals surface area contributed by atoms with Crippen molar-refractivity contribution in [3.8, 4) is 0 Å². The maximum atomic E-state index is 12.3. The molecule has 1 aromatic heterocycles. The molecule has 0 saturated heterocycles. The summed E-state index contributed by atoms with van der Waals surface area (Å²) in [7, 11) is 0. The molecule has 0 atom stereocenters. The van der Waals surface area contributed by atoms with Gasteiger partial charge in [-0.3, -0.25) is 4.79 Å². The SMILES string of the molecule is CCNc1cnc(C(C)C)nc1C(=O)NCCOC(C)C. The monoisotopic (exact) mass is 294 g/mol. The highest BCUT2D eigenvalue weighted by molar-refractivity contribution is 5.97. The van der Waals surface area contributed by atoms with Crippen LogP contribution in [0.5, 0.6) is 0 Å². The van der Waals surface area contributed by atoms with Gasteiger partial charge >= 0.3 is 0 Å². The quantitative estimate of drug-likeness (QED) is 0.719. The molecule has 0 bridgehead atoms. The zero-order valence-corrected chi connectivity index (χ0v) is 13.6. The molecule has 0 saturated carbocycles. The third-order valence-corrected chi connectivity index (χ3v) is 2.74. The topological polar surface area (TPSA) is 76.1 Å². The minimum atomic E-state index is -0.206. The number of nitrogens with one attached hydrogen (secondary N) is 2. The van der Waals surface area contributed by atoms with Gasteiger partial charge in [-0.1, -0.05) is 13.8 Å². The normalized spacial score (nSPS) is 11.0. The van der Waals surface area contributed by atoms with Gasteiger partial charge in [0.05, 0.1) is 24.6 Å². The highest BCUT2D eigenvalue weighted by Gasteiger charge is 2.16. The largest absolute Gasteiger partial charge is 0.382 e. The van der Waals surface area contributed by atoms with Crippen LogP contribution in [-0.2, 0) is 4.74 Å². The number of rotatable bonds is 8. The van der Waals surface area contributed by atoms with Gasteiger partial charge in [0.25, 0.3) is 5.91 Å². The van der Waals surface area contributed by atoms with Crippen molar-refractivity contribution in [3.05, 3.63) is 17.7 Å². The summed E-state index contributed by atoms with van der Waals surface area (Å²) in [5, 5.41) is 5.94. The Morgan fingerprint density at radius 3 is 2.62 bits per heavy atom. The molecule has 1 rings (SSSR count). The van der Waals surface area contributed by atoms with Crippen molar-refractivity contribution in [2.45, 2.75) is 46.6 Å². The Morgan fingerprint density at radius 1 is 1.33 bits per heavy atom. The summed E-state index contributed by atoms with van der Waals surface area (Å²) in [5.41, 5.74) is 1.05. The van der Waals surface area contributed by atoms with E-state index in [2.05, 4.69) is 20.6 Å². The lowest BCUT2D eigenvalue weighted by Crippen LogP contribution is -2.30. The predicted molar refractivity (Wildman–Crippen MR) is 83.7 cm³/mol. The van der Waals surface area contributed by atoms with Crippen LogP contribution in [0.2, 0.25) is 0 Å². The number of carbonyl (C=O) groups is 1. The smallest absolute Gasteiger partial charge is 0.272 e. The van der Waals surface area contributed by atoms with Crippen molar-refractivity contribution < 1.29 is 9.53 Å². The maximum Gasteiger partial charge on any atom is 0.272 e. The van der Waals surface area contributed by atoms with Gasteiger partial charge in [0.1, 0.15) is 5.82 Å². The van der Waals surface area contributed by atoms with Crippen LogP contribution in [0.15, 0.2) is 6.20 Å². The van der Waals surface area contributed by atoms with E-state index in [1.54, 1.807) is 6.20 Å². The van der Waals surface area contributed by atoms with Gasteiger partial charge in [-0.15, -0.1) is 0 Å². The average Bonchev–Trinajstić information content (AvgIpc) is 2.43. The fourth-order valence-electron chi connectivity index (χ4n) is 1.71. The second kappa shape index (κ2) is 8.56. The molecule has 1 amide bonds. The second-order valence-electron chi connectivity index (χ2n) is 5.35. The second-order valence-corrected chi connectivity index (χ2v) is 5.35. The number of amides is 1. The third kappa shape index (κ3) is 5.67. The van der Waals surface area contributed by atoms with Gasteiger partial charge in [0.15, 0.2) is 5.69 Å². The van der Waals surface area contributed by atoms with Gasteiger partial charge in [-0.05, 0) is 20.8 Å². The summed E-state index contributed by atoms with van der Waals surface area (Å²) < 4.78 is 5.40. The minimum Gasteiger partial charge on any atom is -0.382 e. The molecule has 0 aliphatic heterocycles. The van der Waals surface area contributed by atoms with E-state index in [0.29, 0.717) is 36.9 Å². The van der Waals surface area contributed by atoms with Crippen molar-refractivity contribution in [3.63, 3.8) is 0 Å². The number of hydrogen-bond donors (Lipinski definition) is 2. The number of aromatic nitrogens is 2. The molecule has 0 spiro atoms. The first-order valence-corrected chi connectivity index (χ1v) is 7.46. The van der Waals surface area contributed by atoms with Crippen LogP contribution in [0.3, 0.4) is 0 Å². The molecular weight excluding hydrogens is 268 g/mol. The van der Waals surface area contributed by atoms with Crippen LogP contribution in [0.4, 0.5) is 5.69 Å². The van der Waals surface area contributed by atoms with Crippen LogP contribution in [0, 0.1) is 0 Å². The Bertz CT molecular complexity index is 461. The lowest BCUT2D eigenvalue weighted by atomic mass is 10.2. The predicted octanol–water partition coefficient (Wildman–Crippen LogP) is 2.19. The van der Waals surface area contributed by atoms with Gasteiger partial charge < -0.3 is 15.4 Å². The summed E-state index contributed by atoms with van der Waals surface area (Å²) in [6.45, 7) is 11.6. The third-order valence-electron chi connectivity index (χ3n) is 2.74. The van der Waals surface area contributed by atoms with E-state index in [-0.39, 0.29) is 17.9 Å². The summed E-state index contributed by atoms with van der Waals surface area (Å²) in [6.07, 6.45) is 1.83. The van der Waals surface area contributed by atoms with Crippen LogP contribution in [-0.4, -0.2) is 41.7 Å². The van der Waals surface area contributed by atoms with Crippen molar-refractivity contribution in [2.75, 3.05) is 25.0 Å². The lowest BCUT2D eigenvalue weighted by molar-refractivity contribution is 0.0745. The van der Waals surface area contributed by atoms with Crippen molar-refractivity contribution in [1.82, 2.24) is 15.3 Å². The fourth-order valence-corrected chi connectivity index (χ4v) is 1.71. The van der Waals surface area contributed by atoms with Crippen molar-refractivity contribution >= 4 is 11.6 Å². The van der Waals surface area contributed by atoms with Crippen LogP contribution < -0.4 is 10.6 Å². The van der Waals surface area contributed by atoms with E-state index in [0.717, 1.165) is 0 Å².